The van der Waals surface area contributed by atoms with Crippen molar-refractivity contribution in [1.82, 2.24) is 14.8 Å². The first kappa shape index (κ1) is 19.2. The lowest BCUT2D eigenvalue weighted by atomic mass is 10.2. The van der Waals surface area contributed by atoms with Gasteiger partial charge in [-0.1, -0.05) is 25.6 Å². The number of carbonyl (C=O) groups is 1. The number of furan rings is 1. The third kappa shape index (κ3) is 4.40. The Balaban J connectivity index is 1.76. The van der Waals surface area contributed by atoms with E-state index in [0.29, 0.717) is 22.3 Å². The Morgan fingerprint density at radius 1 is 1.41 bits per heavy atom. The minimum Gasteiger partial charge on any atom is -0.467 e. The molecule has 0 saturated carbocycles. The van der Waals surface area contributed by atoms with Gasteiger partial charge in [-0.05, 0) is 30.5 Å². The van der Waals surface area contributed by atoms with Crippen LogP contribution < -0.4 is 5.32 Å². The highest BCUT2D eigenvalue weighted by molar-refractivity contribution is 8.00. The van der Waals surface area contributed by atoms with E-state index in [4.69, 9.17) is 9.68 Å². The molecule has 0 aromatic carbocycles. The largest absolute Gasteiger partial charge is 0.467 e. The first-order valence-corrected chi connectivity index (χ1v) is 10.2. The number of amides is 1. The molecule has 0 saturated heterocycles. The van der Waals surface area contributed by atoms with Crippen LogP contribution in [0.1, 0.15) is 43.8 Å². The van der Waals surface area contributed by atoms with E-state index in [1.165, 1.54) is 23.1 Å². The molecule has 0 aliphatic heterocycles. The van der Waals surface area contributed by atoms with Crippen LogP contribution in [-0.2, 0) is 11.3 Å². The molecule has 1 N–H and O–H groups in total. The van der Waals surface area contributed by atoms with Crippen molar-refractivity contribution in [3.8, 4) is 6.07 Å². The highest BCUT2D eigenvalue weighted by Gasteiger charge is 2.22. The molecule has 1 atom stereocenters. The maximum Gasteiger partial charge on any atom is 0.238 e. The van der Waals surface area contributed by atoms with Gasteiger partial charge < -0.3 is 9.73 Å². The van der Waals surface area contributed by atoms with Crippen LogP contribution in [0.2, 0.25) is 0 Å². The molecule has 0 aliphatic carbocycles. The van der Waals surface area contributed by atoms with Gasteiger partial charge in [-0.2, -0.15) is 5.26 Å². The van der Waals surface area contributed by atoms with Crippen molar-refractivity contribution in [3.63, 3.8) is 0 Å². The molecule has 27 heavy (non-hydrogen) atoms. The number of rotatable bonds is 7. The van der Waals surface area contributed by atoms with Crippen LogP contribution in [0.3, 0.4) is 0 Å². The summed E-state index contributed by atoms with van der Waals surface area (Å²) in [6.07, 6.45) is 1.63. The number of hydrogen-bond acceptors (Lipinski definition) is 7. The van der Waals surface area contributed by atoms with Crippen molar-refractivity contribution in [3.05, 3.63) is 47.0 Å². The van der Waals surface area contributed by atoms with Crippen LogP contribution in [0.4, 0.5) is 5.00 Å². The molecule has 0 fully saturated rings. The summed E-state index contributed by atoms with van der Waals surface area (Å²) in [6, 6.07) is 7.50. The lowest BCUT2D eigenvalue weighted by Gasteiger charge is -2.13. The molecule has 1 amide bonds. The Hall–Kier alpha value is -2.57. The van der Waals surface area contributed by atoms with Crippen LogP contribution in [0.15, 0.2) is 39.4 Å². The molecule has 3 aromatic rings. The van der Waals surface area contributed by atoms with E-state index >= 15 is 0 Å². The van der Waals surface area contributed by atoms with E-state index in [1.54, 1.807) is 24.6 Å². The maximum atomic E-state index is 12.5. The van der Waals surface area contributed by atoms with E-state index in [0.717, 1.165) is 11.6 Å². The van der Waals surface area contributed by atoms with Gasteiger partial charge in [-0.15, -0.1) is 21.5 Å². The Kier molecular flexibility index (Phi) is 5.98. The zero-order valence-electron chi connectivity index (χ0n) is 15.2. The monoisotopic (exact) mass is 401 g/mol. The number of thiophene rings is 1. The van der Waals surface area contributed by atoms with Crippen molar-refractivity contribution >= 4 is 34.0 Å². The fourth-order valence-electron chi connectivity index (χ4n) is 2.44. The number of nitriles is 1. The van der Waals surface area contributed by atoms with Crippen molar-refractivity contribution < 1.29 is 9.21 Å². The quantitative estimate of drug-likeness (QED) is 0.599. The molecule has 140 valence electrons. The van der Waals surface area contributed by atoms with E-state index in [2.05, 4.69) is 21.6 Å². The van der Waals surface area contributed by atoms with Gasteiger partial charge in [0.15, 0.2) is 5.16 Å². The lowest BCUT2D eigenvalue weighted by molar-refractivity contribution is -0.115. The van der Waals surface area contributed by atoms with Gasteiger partial charge in [-0.3, -0.25) is 9.36 Å². The Morgan fingerprint density at radius 2 is 2.22 bits per heavy atom. The topological polar surface area (TPSA) is 96.7 Å². The first-order chi connectivity index (χ1) is 13.0. The Labute approximate surface area is 165 Å². The van der Waals surface area contributed by atoms with E-state index < -0.39 is 5.25 Å². The molecular weight excluding hydrogens is 382 g/mol. The zero-order chi connectivity index (χ0) is 19.4. The molecule has 3 aromatic heterocycles. The van der Waals surface area contributed by atoms with Crippen LogP contribution in [-0.4, -0.2) is 25.9 Å². The maximum absolute atomic E-state index is 12.5. The molecule has 0 spiro atoms. The summed E-state index contributed by atoms with van der Waals surface area (Å²) in [5.41, 5.74) is 0.466. The number of thioether (sulfide) groups is 1. The van der Waals surface area contributed by atoms with Crippen molar-refractivity contribution in [2.24, 2.45) is 0 Å². The highest BCUT2D eigenvalue weighted by atomic mass is 32.2. The number of nitrogens with one attached hydrogen (secondary N) is 1. The van der Waals surface area contributed by atoms with Crippen molar-refractivity contribution in [2.45, 2.75) is 43.6 Å². The normalized spacial score (nSPS) is 12.1. The molecule has 0 unspecified atom stereocenters. The molecule has 3 heterocycles. The predicted octanol–water partition coefficient (Wildman–Crippen LogP) is 4.10. The summed E-state index contributed by atoms with van der Waals surface area (Å²) < 4.78 is 7.43. The third-order valence-corrected chi connectivity index (χ3v) is 5.74. The molecular formula is C18H19N5O2S2. The van der Waals surface area contributed by atoms with Gasteiger partial charge in [0.1, 0.15) is 22.7 Å². The van der Waals surface area contributed by atoms with E-state index in [-0.39, 0.29) is 11.8 Å². The predicted molar refractivity (Wildman–Crippen MR) is 105 cm³/mol. The fourth-order valence-corrected chi connectivity index (χ4v) is 4.04. The van der Waals surface area contributed by atoms with Gasteiger partial charge in [-0.25, -0.2) is 0 Å². The SMILES string of the molecule is CC(C)c1nnc(S[C@@H](C)C(=O)Nc2sccc2C#N)n1Cc1ccco1. The molecule has 7 nitrogen and oxygen atoms in total. The summed E-state index contributed by atoms with van der Waals surface area (Å²) in [6.45, 7) is 6.41. The van der Waals surface area contributed by atoms with Crippen LogP contribution in [0, 0.1) is 11.3 Å². The Bertz CT molecular complexity index is 953. The second-order valence-corrected chi connectivity index (χ2v) is 8.41. The van der Waals surface area contributed by atoms with Gasteiger partial charge in [0, 0.05) is 5.92 Å². The molecule has 0 bridgehead atoms. The number of carbonyl (C=O) groups excluding carboxylic acids is 1. The number of nitrogens with zero attached hydrogens (tertiary/aromatic N) is 4. The summed E-state index contributed by atoms with van der Waals surface area (Å²) in [7, 11) is 0. The standard InChI is InChI=1S/C18H19N5O2S2/c1-11(2)15-21-22-18(23(15)10-14-5-4-7-25-14)27-12(3)16(24)20-17-13(9-19)6-8-26-17/h4-8,11-12H,10H2,1-3H3,(H,20,24)/t12-/m0/s1. The number of hydrogen-bond donors (Lipinski definition) is 1. The van der Waals surface area contributed by atoms with Gasteiger partial charge >= 0.3 is 0 Å². The molecule has 0 aliphatic rings. The Morgan fingerprint density at radius 3 is 2.89 bits per heavy atom. The van der Waals surface area contributed by atoms with E-state index in [1.807, 2.05) is 30.5 Å². The van der Waals surface area contributed by atoms with E-state index in [9.17, 15) is 4.79 Å². The molecule has 0 radical (unpaired) electrons. The minimum atomic E-state index is -0.404. The first-order valence-electron chi connectivity index (χ1n) is 8.40. The second kappa shape index (κ2) is 8.41. The van der Waals surface area contributed by atoms with Crippen LogP contribution in [0.5, 0.6) is 0 Å². The van der Waals surface area contributed by atoms with Crippen molar-refractivity contribution in [1.29, 1.82) is 5.26 Å². The summed E-state index contributed by atoms with van der Waals surface area (Å²) in [4.78, 5) is 12.5. The van der Waals surface area contributed by atoms with Gasteiger partial charge in [0.05, 0.1) is 23.6 Å². The number of aromatic nitrogens is 3. The highest BCUT2D eigenvalue weighted by Crippen LogP contribution is 2.28. The lowest BCUT2D eigenvalue weighted by Crippen LogP contribution is -2.23. The molecule has 3 rings (SSSR count). The third-order valence-electron chi connectivity index (χ3n) is 3.83. The average molecular weight is 402 g/mol. The van der Waals surface area contributed by atoms with Crippen LogP contribution in [0.25, 0.3) is 0 Å². The van der Waals surface area contributed by atoms with Gasteiger partial charge in [0.25, 0.3) is 0 Å². The second-order valence-electron chi connectivity index (χ2n) is 6.19. The summed E-state index contributed by atoms with van der Waals surface area (Å²) in [5.74, 6) is 1.65. The minimum absolute atomic E-state index is 0.183. The summed E-state index contributed by atoms with van der Waals surface area (Å²) in [5, 5.41) is 23.1. The molecule has 9 heteroatoms. The van der Waals surface area contributed by atoms with Crippen LogP contribution >= 0.6 is 23.1 Å². The zero-order valence-corrected chi connectivity index (χ0v) is 16.8. The average Bonchev–Trinajstić information content (AvgIpc) is 3.37. The number of anilines is 1. The van der Waals surface area contributed by atoms with Crippen molar-refractivity contribution in [2.75, 3.05) is 5.32 Å². The summed E-state index contributed by atoms with van der Waals surface area (Å²) >= 11 is 2.66. The van der Waals surface area contributed by atoms with Gasteiger partial charge in [0.2, 0.25) is 5.91 Å². The smallest absolute Gasteiger partial charge is 0.238 e. The fraction of sp³-hybridized carbons (Fsp3) is 0.333.